The van der Waals surface area contributed by atoms with Crippen LogP contribution in [0.25, 0.3) is 0 Å². The van der Waals surface area contributed by atoms with Gasteiger partial charge in [-0.2, -0.15) is 0 Å². The lowest BCUT2D eigenvalue weighted by atomic mass is 10.7. The molecule has 0 atom stereocenters. The second kappa shape index (κ2) is 7.92. The van der Waals surface area contributed by atoms with E-state index in [4.69, 9.17) is 5.73 Å². The van der Waals surface area contributed by atoms with E-state index in [0.717, 1.165) is 0 Å². The molecule has 0 amide bonds. The standard InChI is InChI=1S/C9H16N4O2S2.HI/c1-13(2)9(10)11-5-6-12-17(14,15)8-4-3-7-16-8;/h3-4,7,12H,5-6H2,1-2H3,(H2,10,11);1H. The largest absolute Gasteiger partial charge is 0.370 e. The molecule has 104 valence electrons. The Bertz CT molecular complexity index is 471. The van der Waals surface area contributed by atoms with E-state index in [1.165, 1.54) is 11.3 Å². The molecular weight excluding hydrogens is 387 g/mol. The number of sulfonamides is 1. The molecule has 0 spiro atoms. The monoisotopic (exact) mass is 404 g/mol. The summed E-state index contributed by atoms with van der Waals surface area (Å²) < 4.78 is 26.1. The van der Waals surface area contributed by atoms with Crippen LogP contribution in [0.1, 0.15) is 0 Å². The van der Waals surface area contributed by atoms with Gasteiger partial charge in [0, 0.05) is 20.6 Å². The molecule has 0 fully saturated rings. The van der Waals surface area contributed by atoms with Crippen molar-refractivity contribution in [3.05, 3.63) is 17.5 Å². The van der Waals surface area contributed by atoms with Crippen molar-refractivity contribution in [2.45, 2.75) is 4.21 Å². The van der Waals surface area contributed by atoms with Crippen molar-refractivity contribution >= 4 is 51.3 Å². The van der Waals surface area contributed by atoms with Crippen LogP contribution >= 0.6 is 35.3 Å². The summed E-state index contributed by atoms with van der Waals surface area (Å²) in [5.74, 6) is 0.375. The van der Waals surface area contributed by atoms with Gasteiger partial charge in [-0.3, -0.25) is 4.99 Å². The van der Waals surface area contributed by atoms with Crippen molar-refractivity contribution in [2.24, 2.45) is 10.7 Å². The van der Waals surface area contributed by atoms with E-state index in [1.54, 1.807) is 36.5 Å². The molecule has 18 heavy (non-hydrogen) atoms. The highest BCUT2D eigenvalue weighted by atomic mass is 127. The lowest BCUT2D eigenvalue weighted by molar-refractivity contribution is 0.582. The highest BCUT2D eigenvalue weighted by Gasteiger charge is 2.13. The van der Waals surface area contributed by atoms with Crippen LogP contribution < -0.4 is 10.5 Å². The first kappa shape index (κ1) is 17.6. The second-order valence-corrected chi connectivity index (χ2v) is 6.41. The average molecular weight is 404 g/mol. The first-order valence-electron chi connectivity index (χ1n) is 4.94. The summed E-state index contributed by atoms with van der Waals surface area (Å²) in [4.78, 5) is 5.67. The summed E-state index contributed by atoms with van der Waals surface area (Å²) in [6.07, 6.45) is 0. The molecular formula is C9H17IN4O2S2. The van der Waals surface area contributed by atoms with Gasteiger partial charge in [0.05, 0.1) is 6.54 Å². The van der Waals surface area contributed by atoms with Crippen LogP contribution in [-0.4, -0.2) is 46.5 Å². The smallest absolute Gasteiger partial charge is 0.250 e. The average Bonchev–Trinajstić information content (AvgIpc) is 2.77. The summed E-state index contributed by atoms with van der Waals surface area (Å²) in [6.45, 7) is 0.545. The SMILES string of the molecule is CN(C)C(N)=NCCNS(=O)(=O)c1cccs1.I. The first-order chi connectivity index (χ1) is 7.93. The maximum absolute atomic E-state index is 11.7. The highest BCUT2D eigenvalue weighted by Crippen LogP contribution is 2.14. The van der Waals surface area contributed by atoms with Gasteiger partial charge in [-0.05, 0) is 11.4 Å². The number of halogens is 1. The Balaban J connectivity index is 0.00000289. The van der Waals surface area contributed by atoms with Crippen molar-refractivity contribution in [2.75, 3.05) is 27.2 Å². The zero-order chi connectivity index (χ0) is 12.9. The molecule has 1 rings (SSSR count). The van der Waals surface area contributed by atoms with Crippen LogP contribution in [0.15, 0.2) is 26.7 Å². The second-order valence-electron chi connectivity index (χ2n) is 3.46. The van der Waals surface area contributed by atoms with Crippen molar-refractivity contribution in [3.8, 4) is 0 Å². The number of rotatable bonds is 5. The number of hydrogen-bond donors (Lipinski definition) is 2. The van der Waals surface area contributed by atoms with E-state index >= 15 is 0 Å². The van der Waals surface area contributed by atoms with Crippen LogP contribution in [0.5, 0.6) is 0 Å². The molecule has 3 N–H and O–H groups in total. The Kier molecular flexibility index (Phi) is 7.75. The third kappa shape index (κ3) is 5.50. The van der Waals surface area contributed by atoms with Crippen LogP contribution in [-0.2, 0) is 10.0 Å². The van der Waals surface area contributed by atoms with Crippen LogP contribution in [0.4, 0.5) is 0 Å². The number of hydrogen-bond acceptors (Lipinski definition) is 4. The maximum atomic E-state index is 11.7. The maximum Gasteiger partial charge on any atom is 0.250 e. The number of nitrogens with one attached hydrogen (secondary N) is 1. The summed E-state index contributed by atoms with van der Waals surface area (Å²) in [6, 6.07) is 3.26. The molecule has 0 aliphatic carbocycles. The fraction of sp³-hybridized carbons (Fsp3) is 0.444. The molecule has 1 heterocycles. The lowest BCUT2D eigenvalue weighted by Gasteiger charge is -2.10. The zero-order valence-electron chi connectivity index (χ0n) is 10.2. The molecule has 1 aromatic rings. The van der Waals surface area contributed by atoms with E-state index in [2.05, 4.69) is 9.71 Å². The van der Waals surface area contributed by atoms with Crippen LogP contribution in [0, 0.1) is 0 Å². The Morgan fingerprint density at radius 2 is 2.22 bits per heavy atom. The fourth-order valence-corrected chi connectivity index (χ4v) is 3.04. The van der Waals surface area contributed by atoms with E-state index < -0.39 is 10.0 Å². The summed E-state index contributed by atoms with van der Waals surface area (Å²) in [7, 11) is 0.155. The molecule has 0 bridgehead atoms. The topological polar surface area (TPSA) is 87.8 Å². The lowest BCUT2D eigenvalue weighted by Crippen LogP contribution is -2.32. The molecule has 0 saturated carbocycles. The Morgan fingerprint density at radius 1 is 1.56 bits per heavy atom. The Labute approximate surface area is 128 Å². The first-order valence-corrected chi connectivity index (χ1v) is 7.30. The number of thiophene rings is 1. The minimum absolute atomic E-state index is 0. The molecule has 6 nitrogen and oxygen atoms in total. The van der Waals surface area contributed by atoms with E-state index in [0.29, 0.717) is 16.7 Å². The van der Waals surface area contributed by atoms with Crippen molar-refractivity contribution in [1.82, 2.24) is 9.62 Å². The number of nitrogens with zero attached hydrogens (tertiary/aromatic N) is 2. The quantitative estimate of drug-likeness (QED) is 0.324. The van der Waals surface area contributed by atoms with Gasteiger partial charge in [0.1, 0.15) is 4.21 Å². The molecule has 1 aromatic heterocycles. The summed E-state index contributed by atoms with van der Waals surface area (Å²) >= 11 is 1.18. The highest BCUT2D eigenvalue weighted by molar-refractivity contribution is 14.0. The predicted molar refractivity (Wildman–Crippen MR) is 85.1 cm³/mol. The van der Waals surface area contributed by atoms with Gasteiger partial charge >= 0.3 is 0 Å². The third-order valence-corrected chi connectivity index (χ3v) is 4.75. The van der Waals surface area contributed by atoms with E-state index in [-0.39, 0.29) is 30.5 Å². The molecule has 0 radical (unpaired) electrons. The van der Waals surface area contributed by atoms with Gasteiger partial charge in [0.25, 0.3) is 0 Å². The number of aliphatic imine (C=N–C) groups is 1. The summed E-state index contributed by atoms with van der Waals surface area (Å²) in [5.41, 5.74) is 5.56. The van der Waals surface area contributed by atoms with Crippen molar-refractivity contribution in [3.63, 3.8) is 0 Å². The van der Waals surface area contributed by atoms with Crippen LogP contribution in [0.2, 0.25) is 0 Å². The van der Waals surface area contributed by atoms with E-state index in [1.807, 2.05) is 0 Å². The zero-order valence-corrected chi connectivity index (χ0v) is 14.1. The van der Waals surface area contributed by atoms with Gasteiger partial charge in [0.15, 0.2) is 5.96 Å². The van der Waals surface area contributed by atoms with E-state index in [9.17, 15) is 8.42 Å². The van der Waals surface area contributed by atoms with Crippen LogP contribution in [0.3, 0.4) is 0 Å². The minimum atomic E-state index is -3.39. The Hall–Kier alpha value is -0.390. The normalized spacial score (nSPS) is 12.0. The number of guanidine groups is 1. The number of nitrogens with two attached hydrogens (primary N) is 1. The Morgan fingerprint density at radius 3 is 2.72 bits per heavy atom. The molecule has 0 aliphatic rings. The van der Waals surface area contributed by atoms with Gasteiger partial charge in [-0.15, -0.1) is 35.3 Å². The fourth-order valence-electron chi connectivity index (χ4n) is 0.979. The molecule has 0 aromatic carbocycles. The van der Waals surface area contributed by atoms with Gasteiger partial charge in [-0.25, -0.2) is 13.1 Å². The van der Waals surface area contributed by atoms with Crippen molar-refractivity contribution < 1.29 is 8.42 Å². The molecule has 0 aliphatic heterocycles. The van der Waals surface area contributed by atoms with Gasteiger partial charge in [0.2, 0.25) is 10.0 Å². The summed E-state index contributed by atoms with van der Waals surface area (Å²) in [5, 5.41) is 1.72. The molecule has 0 saturated heterocycles. The van der Waals surface area contributed by atoms with Gasteiger partial charge < -0.3 is 10.6 Å². The molecule has 0 unspecified atom stereocenters. The minimum Gasteiger partial charge on any atom is -0.370 e. The molecule has 9 heteroatoms. The third-order valence-electron chi connectivity index (χ3n) is 1.90. The van der Waals surface area contributed by atoms with Crippen molar-refractivity contribution in [1.29, 1.82) is 0 Å². The predicted octanol–water partition coefficient (Wildman–Crippen LogP) is 0.521. The van der Waals surface area contributed by atoms with Gasteiger partial charge in [-0.1, -0.05) is 6.07 Å².